The van der Waals surface area contributed by atoms with Crippen molar-refractivity contribution in [2.24, 2.45) is 11.3 Å². The topological polar surface area (TPSA) is 84.9 Å². The third-order valence-electron chi connectivity index (χ3n) is 5.69. The Hall–Kier alpha value is -0.980. The summed E-state index contributed by atoms with van der Waals surface area (Å²) < 4.78 is 11.5. The lowest BCUT2D eigenvalue weighted by atomic mass is 9.82. The van der Waals surface area contributed by atoms with Crippen LogP contribution < -0.4 is 5.32 Å². The lowest BCUT2D eigenvalue weighted by Crippen LogP contribution is -2.53. The second-order valence-corrected chi connectivity index (χ2v) is 9.30. The van der Waals surface area contributed by atoms with E-state index in [9.17, 15) is 14.7 Å². The predicted molar refractivity (Wildman–Crippen MR) is 103 cm³/mol. The first-order chi connectivity index (χ1) is 12.6. The standard InChI is InChI=1S/C21H37NO5/c1-20(2)14-26-21(3,4)27-18(20)16(23)11-8-12-17(24)19(25)22-13-15-9-6-5-7-10-15/h15,17-18,24H,5-14H2,1-4H3,(H,22,25)/t17?,18-/m0/s1. The lowest BCUT2D eigenvalue weighted by molar-refractivity contribution is -0.303. The van der Waals surface area contributed by atoms with Crippen LogP contribution in [-0.4, -0.2) is 47.9 Å². The molecule has 156 valence electrons. The summed E-state index contributed by atoms with van der Waals surface area (Å²) in [6.07, 6.45) is 5.51. The van der Waals surface area contributed by atoms with Gasteiger partial charge < -0.3 is 19.9 Å². The fourth-order valence-corrected chi connectivity index (χ4v) is 3.90. The molecule has 2 rings (SSSR count). The molecule has 2 fully saturated rings. The third kappa shape index (κ3) is 6.84. The van der Waals surface area contributed by atoms with Crippen LogP contribution in [0.3, 0.4) is 0 Å². The second kappa shape index (κ2) is 9.48. The average molecular weight is 384 g/mol. The molecule has 6 heteroatoms. The number of carbonyl (C=O) groups excluding carboxylic acids is 2. The first-order valence-electron chi connectivity index (χ1n) is 10.4. The van der Waals surface area contributed by atoms with Gasteiger partial charge in [0, 0.05) is 18.4 Å². The van der Waals surface area contributed by atoms with Crippen LogP contribution in [0.1, 0.15) is 79.1 Å². The van der Waals surface area contributed by atoms with Gasteiger partial charge in [0.2, 0.25) is 5.91 Å². The molecule has 2 atom stereocenters. The van der Waals surface area contributed by atoms with Crippen LogP contribution in [-0.2, 0) is 19.1 Å². The highest BCUT2D eigenvalue weighted by atomic mass is 16.7. The molecule has 1 aliphatic heterocycles. The molecule has 0 bridgehead atoms. The van der Waals surface area contributed by atoms with Gasteiger partial charge in [0.15, 0.2) is 11.6 Å². The van der Waals surface area contributed by atoms with Crippen molar-refractivity contribution in [3.63, 3.8) is 0 Å². The van der Waals surface area contributed by atoms with E-state index >= 15 is 0 Å². The van der Waals surface area contributed by atoms with Crippen molar-refractivity contribution in [2.45, 2.75) is 97.1 Å². The number of hydrogen-bond donors (Lipinski definition) is 2. The van der Waals surface area contributed by atoms with Crippen molar-refractivity contribution in [2.75, 3.05) is 13.2 Å². The van der Waals surface area contributed by atoms with Gasteiger partial charge in [0.05, 0.1) is 6.61 Å². The fraction of sp³-hybridized carbons (Fsp3) is 0.905. The molecular weight excluding hydrogens is 346 g/mol. The molecule has 27 heavy (non-hydrogen) atoms. The molecular formula is C21H37NO5. The molecule has 0 spiro atoms. The number of aliphatic hydroxyl groups is 1. The van der Waals surface area contributed by atoms with Crippen LogP contribution in [0, 0.1) is 11.3 Å². The molecule has 2 N–H and O–H groups in total. The minimum atomic E-state index is -1.05. The van der Waals surface area contributed by atoms with E-state index in [2.05, 4.69) is 5.32 Å². The van der Waals surface area contributed by atoms with Crippen molar-refractivity contribution >= 4 is 11.7 Å². The van der Waals surface area contributed by atoms with E-state index < -0.39 is 18.0 Å². The highest BCUT2D eigenvalue weighted by Gasteiger charge is 2.45. The summed E-state index contributed by atoms with van der Waals surface area (Å²) in [6.45, 7) is 8.64. The Bertz CT molecular complexity index is 511. The zero-order chi connectivity index (χ0) is 20.1. The summed E-state index contributed by atoms with van der Waals surface area (Å²) in [7, 11) is 0. The summed E-state index contributed by atoms with van der Waals surface area (Å²) in [5.74, 6) is -0.551. The number of ether oxygens (including phenoxy) is 2. The molecule has 1 amide bonds. The van der Waals surface area contributed by atoms with Gasteiger partial charge in [-0.2, -0.15) is 0 Å². The molecule has 2 aliphatic rings. The van der Waals surface area contributed by atoms with Crippen LogP contribution >= 0.6 is 0 Å². The van der Waals surface area contributed by atoms with Crippen LogP contribution in [0.5, 0.6) is 0 Å². The number of rotatable bonds is 8. The number of Topliss-reactive ketones (excluding diaryl/α,β-unsaturated/α-hetero) is 1. The van der Waals surface area contributed by atoms with E-state index in [0.717, 1.165) is 12.8 Å². The summed E-state index contributed by atoms with van der Waals surface area (Å²) in [5.41, 5.74) is -0.386. The SMILES string of the molecule is CC1(C)OCC(C)(C)[C@H](C(=O)CCCC(O)C(=O)NCC2CCCCC2)O1. The van der Waals surface area contributed by atoms with E-state index in [1.165, 1.54) is 19.3 Å². The van der Waals surface area contributed by atoms with Gasteiger partial charge in [0.25, 0.3) is 0 Å². The number of ketones is 1. The molecule has 0 radical (unpaired) electrons. The van der Waals surface area contributed by atoms with Crippen molar-refractivity contribution in [3.05, 3.63) is 0 Å². The van der Waals surface area contributed by atoms with Crippen LogP contribution in [0.2, 0.25) is 0 Å². The first-order valence-corrected chi connectivity index (χ1v) is 10.4. The van der Waals surface area contributed by atoms with Gasteiger partial charge in [-0.3, -0.25) is 9.59 Å². The molecule has 1 saturated heterocycles. The van der Waals surface area contributed by atoms with E-state index in [0.29, 0.717) is 25.5 Å². The molecule has 1 saturated carbocycles. The molecule has 6 nitrogen and oxygen atoms in total. The number of nitrogens with one attached hydrogen (secondary N) is 1. The van der Waals surface area contributed by atoms with E-state index in [-0.39, 0.29) is 29.9 Å². The summed E-state index contributed by atoms with van der Waals surface area (Å²) in [4.78, 5) is 24.7. The van der Waals surface area contributed by atoms with Crippen LogP contribution in [0.4, 0.5) is 0 Å². The van der Waals surface area contributed by atoms with Crippen molar-refractivity contribution in [1.29, 1.82) is 0 Å². The smallest absolute Gasteiger partial charge is 0.248 e. The molecule has 0 aromatic carbocycles. The molecule has 0 aromatic heterocycles. The minimum absolute atomic E-state index is 0.00573. The second-order valence-electron chi connectivity index (χ2n) is 9.30. The molecule has 1 aliphatic carbocycles. The van der Waals surface area contributed by atoms with Crippen molar-refractivity contribution in [3.8, 4) is 0 Å². The van der Waals surface area contributed by atoms with Gasteiger partial charge in [-0.1, -0.05) is 33.1 Å². The maximum Gasteiger partial charge on any atom is 0.248 e. The Labute approximate surface area is 163 Å². The fourth-order valence-electron chi connectivity index (χ4n) is 3.90. The molecule has 1 heterocycles. The monoisotopic (exact) mass is 383 g/mol. The Morgan fingerprint density at radius 1 is 1.15 bits per heavy atom. The van der Waals surface area contributed by atoms with Gasteiger partial charge in [-0.25, -0.2) is 0 Å². The maximum atomic E-state index is 12.6. The van der Waals surface area contributed by atoms with Gasteiger partial charge in [-0.15, -0.1) is 0 Å². The van der Waals surface area contributed by atoms with Crippen molar-refractivity contribution < 1.29 is 24.2 Å². The normalized spacial score (nSPS) is 26.3. The van der Waals surface area contributed by atoms with E-state index in [4.69, 9.17) is 9.47 Å². The number of hydrogen-bond acceptors (Lipinski definition) is 5. The number of amides is 1. The number of aliphatic hydroxyl groups excluding tert-OH is 1. The highest BCUT2D eigenvalue weighted by molar-refractivity contribution is 5.84. The lowest BCUT2D eigenvalue weighted by Gasteiger charge is -2.45. The van der Waals surface area contributed by atoms with Crippen LogP contribution in [0.15, 0.2) is 0 Å². The van der Waals surface area contributed by atoms with E-state index in [1.54, 1.807) is 0 Å². The largest absolute Gasteiger partial charge is 0.383 e. The zero-order valence-corrected chi connectivity index (χ0v) is 17.4. The predicted octanol–water partition coefficient (Wildman–Crippen LogP) is 2.96. The Morgan fingerprint density at radius 3 is 2.48 bits per heavy atom. The Morgan fingerprint density at radius 2 is 1.81 bits per heavy atom. The maximum absolute atomic E-state index is 12.6. The van der Waals surface area contributed by atoms with Gasteiger partial charge >= 0.3 is 0 Å². The summed E-state index contributed by atoms with van der Waals surface area (Å²) in [5, 5.41) is 12.9. The third-order valence-corrected chi connectivity index (χ3v) is 5.69. The number of carbonyl (C=O) groups is 2. The highest BCUT2D eigenvalue weighted by Crippen LogP contribution is 2.36. The Kier molecular flexibility index (Phi) is 7.83. The summed E-state index contributed by atoms with van der Waals surface area (Å²) in [6, 6.07) is 0. The van der Waals surface area contributed by atoms with Gasteiger partial charge in [0.1, 0.15) is 12.2 Å². The average Bonchev–Trinajstić information content (AvgIpc) is 2.62. The first kappa shape index (κ1) is 22.3. The van der Waals surface area contributed by atoms with E-state index in [1.807, 2.05) is 27.7 Å². The minimum Gasteiger partial charge on any atom is -0.383 e. The molecule has 0 aromatic rings. The Balaban J connectivity index is 1.70. The summed E-state index contributed by atoms with van der Waals surface area (Å²) >= 11 is 0. The van der Waals surface area contributed by atoms with Crippen molar-refractivity contribution in [1.82, 2.24) is 5.32 Å². The van der Waals surface area contributed by atoms with Gasteiger partial charge in [-0.05, 0) is 45.4 Å². The molecule has 1 unspecified atom stereocenters. The van der Waals surface area contributed by atoms with Crippen LogP contribution in [0.25, 0.3) is 0 Å². The zero-order valence-electron chi connectivity index (χ0n) is 17.4. The quantitative estimate of drug-likeness (QED) is 0.673.